The maximum Gasteiger partial charge on any atom is 0.147 e. The number of anilines is 1. The van der Waals surface area contributed by atoms with Crippen LogP contribution in [0.1, 0.15) is 6.42 Å². The van der Waals surface area contributed by atoms with Crippen molar-refractivity contribution < 1.29 is 12.8 Å². The van der Waals surface area contributed by atoms with E-state index in [1.807, 2.05) is 0 Å². The van der Waals surface area contributed by atoms with Gasteiger partial charge in [0.05, 0.1) is 11.4 Å². The molecule has 0 unspecified atom stereocenters. The molecule has 90 valence electrons. The minimum Gasteiger partial charge on any atom is -0.383 e. The second kappa shape index (κ2) is 5.50. The average molecular weight is 266 g/mol. The summed E-state index contributed by atoms with van der Waals surface area (Å²) in [6.07, 6.45) is 1.61. The average Bonchev–Trinajstić information content (AvgIpc) is 2.16. The summed E-state index contributed by atoms with van der Waals surface area (Å²) < 4.78 is 34.9. The zero-order chi connectivity index (χ0) is 12.2. The van der Waals surface area contributed by atoms with Crippen molar-refractivity contribution >= 4 is 27.1 Å². The van der Waals surface area contributed by atoms with Crippen LogP contribution in [0.2, 0.25) is 5.02 Å². The largest absolute Gasteiger partial charge is 0.383 e. The predicted molar refractivity (Wildman–Crippen MR) is 64.2 cm³/mol. The Labute approximate surface area is 99.5 Å². The topological polar surface area (TPSA) is 46.2 Å². The summed E-state index contributed by atoms with van der Waals surface area (Å²) in [5.74, 6) is -0.314. The van der Waals surface area contributed by atoms with Crippen LogP contribution in [0.25, 0.3) is 0 Å². The second-order valence-electron chi connectivity index (χ2n) is 3.53. The monoisotopic (exact) mass is 265 g/mol. The van der Waals surface area contributed by atoms with Gasteiger partial charge in [-0.25, -0.2) is 12.8 Å². The number of benzene rings is 1. The van der Waals surface area contributed by atoms with E-state index in [1.54, 1.807) is 0 Å². The molecule has 1 rings (SSSR count). The van der Waals surface area contributed by atoms with E-state index < -0.39 is 15.7 Å². The van der Waals surface area contributed by atoms with E-state index in [1.165, 1.54) is 24.5 Å². The molecule has 3 nitrogen and oxygen atoms in total. The molecule has 0 aromatic heterocycles. The van der Waals surface area contributed by atoms with Crippen molar-refractivity contribution in [3.63, 3.8) is 0 Å². The molecule has 0 aliphatic rings. The van der Waals surface area contributed by atoms with Gasteiger partial charge >= 0.3 is 0 Å². The van der Waals surface area contributed by atoms with E-state index >= 15 is 0 Å². The van der Waals surface area contributed by atoms with Crippen molar-refractivity contribution in [2.45, 2.75) is 6.42 Å². The van der Waals surface area contributed by atoms with E-state index in [4.69, 9.17) is 11.6 Å². The van der Waals surface area contributed by atoms with Crippen LogP contribution in [0.15, 0.2) is 18.2 Å². The summed E-state index contributed by atoms with van der Waals surface area (Å²) in [6, 6.07) is 4.19. The molecule has 1 aromatic rings. The molecule has 0 heterocycles. The maximum atomic E-state index is 13.2. The summed E-state index contributed by atoms with van der Waals surface area (Å²) in [5, 5.41) is 3.24. The number of sulfone groups is 1. The predicted octanol–water partition coefficient (Wildman–Crippen LogP) is 2.33. The first kappa shape index (κ1) is 13.3. The molecule has 0 aliphatic carbocycles. The van der Waals surface area contributed by atoms with E-state index in [0.717, 1.165) is 0 Å². The van der Waals surface area contributed by atoms with Gasteiger partial charge in [-0.15, -0.1) is 0 Å². The molecule has 0 saturated carbocycles. The van der Waals surface area contributed by atoms with Gasteiger partial charge in [-0.3, -0.25) is 0 Å². The van der Waals surface area contributed by atoms with Gasteiger partial charge in [-0.1, -0.05) is 11.6 Å². The fourth-order valence-corrected chi connectivity index (χ4v) is 2.03. The lowest BCUT2D eigenvalue weighted by molar-refractivity contribution is 0.599. The highest BCUT2D eigenvalue weighted by atomic mass is 35.5. The molecule has 0 spiro atoms. The number of hydrogen-bond acceptors (Lipinski definition) is 3. The molecule has 0 fully saturated rings. The highest BCUT2D eigenvalue weighted by Gasteiger charge is 2.04. The van der Waals surface area contributed by atoms with Crippen LogP contribution in [-0.2, 0) is 9.84 Å². The van der Waals surface area contributed by atoms with Gasteiger partial charge in [0, 0.05) is 17.8 Å². The summed E-state index contributed by atoms with van der Waals surface area (Å²) in [7, 11) is -2.96. The normalized spacial score (nSPS) is 11.4. The third-order valence-electron chi connectivity index (χ3n) is 1.94. The minimum atomic E-state index is -2.96. The number of nitrogens with one attached hydrogen (secondary N) is 1. The summed E-state index contributed by atoms with van der Waals surface area (Å²) in [6.45, 7) is 0.393. The van der Waals surface area contributed by atoms with Crippen LogP contribution in [0.3, 0.4) is 0 Å². The first-order chi connectivity index (χ1) is 7.38. The Morgan fingerprint density at radius 2 is 2.12 bits per heavy atom. The third kappa shape index (κ3) is 4.81. The lowest BCUT2D eigenvalue weighted by Gasteiger charge is -2.07. The van der Waals surface area contributed by atoms with Crippen LogP contribution in [0, 0.1) is 5.82 Å². The Hall–Kier alpha value is -0.810. The zero-order valence-corrected chi connectivity index (χ0v) is 10.4. The zero-order valence-electron chi connectivity index (χ0n) is 8.83. The molecule has 0 bridgehead atoms. The smallest absolute Gasteiger partial charge is 0.147 e. The fraction of sp³-hybridized carbons (Fsp3) is 0.400. The van der Waals surface area contributed by atoms with Gasteiger partial charge in [0.25, 0.3) is 0 Å². The Balaban J connectivity index is 2.46. The highest BCUT2D eigenvalue weighted by Crippen LogP contribution is 2.19. The van der Waals surface area contributed by atoms with Gasteiger partial charge in [0.2, 0.25) is 0 Å². The Morgan fingerprint density at radius 1 is 1.44 bits per heavy atom. The van der Waals surface area contributed by atoms with E-state index in [9.17, 15) is 12.8 Å². The van der Waals surface area contributed by atoms with E-state index in [0.29, 0.717) is 23.7 Å². The number of rotatable bonds is 5. The van der Waals surface area contributed by atoms with Gasteiger partial charge in [0.15, 0.2) is 0 Å². The van der Waals surface area contributed by atoms with Crippen LogP contribution in [-0.4, -0.2) is 27.0 Å². The minimum absolute atomic E-state index is 0.0855. The standard InChI is InChI=1S/C10H13ClFNO2S/c1-16(14,15)6-2-5-13-10-7-8(11)3-4-9(10)12/h3-4,7,13H,2,5-6H2,1H3. The lowest BCUT2D eigenvalue weighted by Crippen LogP contribution is -2.10. The van der Waals surface area contributed by atoms with Crippen molar-refractivity contribution in [1.82, 2.24) is 0 Å². The van der Waals surface area contributed by atoms with E-state index in [-0.39, 0.29) is 5.75 Å². The van der Waals surface area contributed by atoms with Gasteiger partial charge in [0.1, 0.15) is 15.7 Å². The molecule has 0 saturated heterocycles. The summed E-state index contributed by atoms with van der Waals surface area (Å²) in [5.41, 5.74) is 0.293. The van der Waals surface area contributed by atoms with Crippen LogP contribution in [0.4, 0.5) is 10.1 Å². The van der Waals surface area contributed by atoms with Crippen molar-refractivity contribution in [2.24, 2.45) is 0 Å². The highest BCUT2D eigenvalue weighted by molar-refractivity contribution is 7.90. The number of hydrogen-bond donors (Lipinski definition) is 1. The third-order valence-corrected chi connectivity index (χ3v) is 3.20. The molecule has 0 aliphatic heterocycles. The quantitative estimate of drug-likeness (QED) is 0.831. The summed E-state index contributed by atoms with van der Waals surface area (Å²) in [4.78, 5) is 0. The van der Waals surface area contributed by atoms with E-state index in [2.05, 4.69) is 5.32 Å². The Kier molecular flexibility index (Phi) is 4.56. The molecular weight excluding hydrogens is 253 g/mol. The van der Waals surface area contributed by atoms with Crippen molar-refractivity contribution in [3.8, 4) is 0 Å². The SMILES string of the molecule is CS(=O)(=O)CCCNc1cc(Cl)ccc1F. The first-order valence-corrected chi connectivity index (χ1v) is 7.19. The Bertz CT molecular complexity index is 462. The first-order valence-electron chi connectivity index (χ1n) is 4.75. The molecule has 6 heteroatoms. The van der Waals surface area contributed by atoms with Crippen molar-refractivity contribution in [2.75, 3.05) is 23.9 Å². The molecule has 0 atom stereocenters. The lowest BCUT2D eigenvalue weighted by atomic mass is 10.3. The van der Waals surface area contributed by atoms with Crippen LogP contribution in [0.5, 0.6) is 0 Å². The van der Waals surface area contributed by atoms with Crippen LogP contribution < -0.4 is 5.32 Å². The molecular formula is C10H13ClFNO2S. The Morgan fingerprint density at radius 3 is 2.75 bits per heavy atom. The molecule has 16 heavy (non-hydrogen) atoms. The molecule has 1 aromatic carbocycles. The molecule has 1 N–H and O–H groups in total. The maximum absolute atomic E-state index is 13.2. The molecule has 0 amide bonds. The van der Waals surface area contributed by atoms with Gasteiger partial charge < -0.3 is 5.32 Å². The van der Waals surface area contributed by atoms with Crippen molar-refractivity contribution in [3.05, 3.63) is 29.0 Å². The second-order valence-corrected chi connectivity index (χ2v) is 6.23. The van der Waals surface area contributed by atoms with Gasteiger partial charge in [-0.2, -0.15) is 0 Å². The summed E-state index contributed by atoms with van der Waals surface area (Å²) >= 11 is 5.70. The fourth-order valence-electron chi connectivity index (χ4n) is 1.19. The van der Waals surface area contributed by atoms with Crippen LogP contribution >= 0.6 is 11.6 Å². The molecule has 0 radical (unpaired) electrons. The van der Waals surface area contributed by atoms with Crippen molar-refractivity contribution in [1.29, 1.82) is 0 Å². The number of halogens is 2. The van der Waals surface area contributed by atoms with Gasteiger partial charge in [-0.05, 0) is 24.6 Å².